The third-order valence-electron chi connectivity index (χ3n) is 2.81. The highest BCUT2D eigenvalue weighted by molar-refractivity contribution is 5.84. The Bertz CT molecular complexity index is 174. The molecule has 0 aromatic heterocycles. The maximum atomic E-state index is 11.0. The molecule has 0 radical (unpaired) electrons. The molecule has 0 bridgehead atoms. The van der Waals surface area contributed by atoms with Crippen molar-refractivity contribution >= 4 is 5.91 Å². The number of primary amides is 1. The van der Waals surface area contributed by atoms with E-state index in [1.54, 1.807) is 0 Å². The van der Waals surface area contributed by atoms with Crippen LogP contribution in [0.5, 0.6) is 0 Å². The highest BCUT2D eigenvalue weighted by atomic mass is 16.5. The molecule has 1 aliphatic carbocycles. The van der Waals surface area contributed by atoms with Crippen molar-refractivity contribution in [2.24, 2.45) is 11.7 Å². The van der Waals surface area contributed by atoms with Gasteiger partial charge in [0.15, 0.2) is 0 Å². The third kappa shape index (κ3) is 1.59. The van der Waals surface area contributed by atoms with Crippen molar-refractivity contribution in [1.82, 2.24) is 5.48 Å². The largest absolute Gasteiger partial charge is 0.368 e. The Hall–Kier alpha value is -0.610. The van der Waals surface area contributed by atoms with Gasteiger partial charge >= 0.3 is 0 Å². The van der Waals surface area contributed by atoms with E-state index >= 15 is 0 Å². The van der Waals surface area contributed by atoms with Crippen LogP contribution < -0.4 is 11.2 Å². The fourth-order valence-electron chi connectivity index (χ4n) is 1.67. The summed E-state index contributed by atoms with van der Waals surface area (Å²) in [5.74, 6) is 0.183. The Morgan fingerprint density at radius 1 is 1.58 bits per heavy atom. The monoisotopic (exact) mass is 172 g/mol. The van der Waals surface area contributed by atoms with Gasteiger partial charge in [-0.1, -0.05) is 6.92 Å². The standard InChI is InChI=1S/C8H16N2O2/c1-6-2-4-8(10-12,5-3-6)7(9)11/h6,10,12H,2-5H2,1H3,(H2,9,11). The topological polar surface area (TPSA) is 75.3 Å². The first-order valence-electron chi connectivity index (χ1n) is 4.32. The van der Waals surface area contributed by atoms with Crippen LogP contribution in [0.2, 0.25) is 0 Å². The molecule has 0 aromatic rings. The average molecular weight is 172 g/mol. The maximum absolute atomic E-state index is 11.0. The molecule has 4 nitrogen and oxygen atoms in total. The van der Waals surface area contributed by atoms with Crippen LogP contribution >= 0.6 is 0 Å². The molecular weight excluding hydrogens is 156 g/mol. The minimum absolute atomic E-state index is 0.447. The van der Waals surface area contributed by atoms with Crippen LogP contribution in [0.25, 0.3) is 0 Å². The molecule has 1 rings (SSSR count). The number of hydrogen-bond donors (Lipinski definition) is 3. The van der Waals surface area contributed by atoms with Gasteiger partial charge in [-0.15, -0.1) is 0 Å². The zero-order valence-corrected chi connectivity index (χ0v) is 7.34. The summed E-state index contributed by atoms with van der Waals surface area (Å²) in [7, 11) is 0. The number of rotatable bonds is 2. The first-order valence-corrected chi connectivity index (χ1v) is 4.32. The molecule has 0 spiro atoms. The van der Waals surface area contributed by atoms with Gasteiger partial charge in [0.05, 0.1) is 0 Å². The zero-order chi connectivity index (χ0) is 9.19. The number of carbonyl (C=O) groups is 1. The minimum atomic E-state index is -0.855. The summed E-state index contributed by atoms with van der Waals surface area (Å²) in [5.41, 5.74) is 6.40. The van der Waals surface area contributed by atoms with Crippen LogP contribution in [0.15, 0.2) is 0 Å². The second-order valence-corrected chi connectivity index (χ2v) is 3.74. The number of nitrogens with one attached hydrogen (secondary N) is 1. The summed E-state index contributed by atoms with van der Waals surface area (Å²) >= 11 is 0. The van der Waals surface area contributed by atoms with Gasteiger partial charge in [-0.3, -0.25) is 4.79 Å². The van der Waals surface area contributed by atoms with E-state index < -0.39 is 11.4 Å². The second kappa shape index (κ2) is 3.41. The summed E-state index contributed by atoms with van der Waals surface area (Å²) in [6, 6.07) is 0. The molecule has 12 heavy (non-hydrogen) atoms. The Balaban J connectivity index is 2.63. The van der Waals surface area contributed by atoms with Crippen molar-refractivity contribution in [3.8, 4) is 0 Å². The molecule has 0 aromatic carbocycles. The highest BCUT2D eigenvalue weighted by Crippen LogP contribution is 2.31. The lowest BCUT2D eigenvalue weighted by molar-refractivity contribution is -0.131. The van der Waals surface area contributed by atoms with Crippen molar-refractivity contribution in [2.45, 2.75) is 38.1 Å². The van der Waals surface area contributed by atoms with Crippen LogP contribution in [0.4, 0.5) is 0 Å². The van der Waals surface area contributed by atoms with Gasteiger partial charge in [0, 0.05) is 0 Å². The molecule has 70 valence electrons. The summed E-state index contributed by atoms with van der Waals surface area (Å²) in [6.07, 6.45) is 3.16. The molecule has 0 unspecified atom stereocenters. The quantitative estimate of drug-likeness (QED) is 0.528. The summed E-state index contributed by atoms with van der Waals surface area (Å²) < 4.78 is 0. The predicted octanol–water partition coefficient (Wildman–Crippen LogP) is 0.399. The lowest BCUT2D eigenvalue weighted by Gasteiger charge is -2.35. The lowest BCUT2D eigenvalue weighted by atomic mass is 9.77. The van der Waals surface area contributed by atoms with Gasteiger partial charge in [0.2, 0.25) is 5.91 Å². The van der Waals surface area contributed by atoms with Crippen molar-refractivity contribution in [1.29, 1.82) is 0 Å². The van der Waals surface area contributed by atoms with Crippen molar-refractivity contribution < 1.29 is 10.0 Å². The molecule has 0 heterocycles. The second-order valence-electron chi connectivity index (χ2n) is 3.74. The molecular formula is C8H16N2O2. The van der Waals surface area contributed by atoms with E-state index in [1.165, 1.54) is 0 Å². The van der Waals surface area contributed by atoms with Gasteiger partial charge in [-0.05, 0) is 31.6 Å². The van der Waals surface area contributed by atoms with Crippen LogP contribution in [0.1, 0.15) is 32.6 Å². The van der Waals surface area contributed by atoms with Crippen molar-refractivity contribution in [2.75, 3.05) is 0 Å². The number of hydroxylamine groups is 1. The number of hydrogen-bond acceptors (Lipinski definition) is 3. The Morgan fingerprint density at radius 3 is 2.42 bits per heavy atom. The van der Waals surface area contributed by atoms with Gasteiger partial charge < -0.3 is 10.9 Å². The van der Waals surface area contributed by atoms with Crippen molar-refractivity contribution in [3.63, 3.8) is 0 Å². The Kier molecular flexibility index (Phi) is 2.69. The summed E-state index contributed by atoms with van der Waals surface area (Å²) in [4.78, 5) is 11.0. The average Bonchev–Trinajstić information content (AvgIpc) is 2.06. The maximum Gasteiger partial charge on any atom is 0.240 e. The van der Waals surface area contributed by atoms with Gasteiger partial charge in [0.1, 0.15) is 5.54 Å². The predicted molar refractivity (Wildman–Crippen MR) is 44.5 cm³/mol. The van der Waals surface area contributed by atoms with E-state index in [9.17, 15) is 4.79 Å². The molecule has 0 saturated heterocycles. The van der Waals surface area contributed by atoms with Crippen molar-refractivity contribution in [3.05, 3.63) is 0 Å². The van der Waals surface area contributed by atoms with E-state index in [4.69, 9.17) is 10.9 Å². The first-order chi connectivity index (χ1) is 5.60. The van der Waals surface area contributed by atoms with Gasteiger partial charge in [-0.25, -0.2) is 0 Å². The van der Waals surface area contributed by atoms with E-state index in [0.717, 1.165) is 12.8 Å². The molecule has 0 atom stereocenters. The summed E-state index contributed by atoms with van der Waals surface area (Å²) in [6.45, 7) is 2.14. The molecule has 1 saturated carbocycles. The van der Waals surface area contributed by atoms with Gasteiger partial charge in [0.25, 0.3) is 0 Å². The third-order valence-corrected chi connectivity index (χ3v) is 2.81. The zero-order valence-electron chi connectivity index (χ0n) is 7.34. The Morgan fingerprint density at radius 2 is 2.08 bits per heavy atom. The number of carbonyl (C=O) groups excluding carboxylic acids is 1. The highest BCUT2D eigenvalue weighted by Gasteiger charge is 2.38. The van der Waals surface area contributed by atoms with E-state index in [0.29, 0.717) is 18.8 Å². The molecule has 1 aliphatic rings. The number of nitrogens with two attached hydrogens (primary N) is 1. The summed E-state index contributed by atoms with van der Waals surface area (Å²) in [5, 5.41) is 8.85. The molecule has 0 aliphatic heterocycles. The molecule has 1 amide bonds. The van der Waals surface area contributed by atoms with Crippen LogP contribution in [0, 0.1) is 5.92 Å². The fraction of sp³-hybridized carbons (Fsp3) is 0.875. The normalized spacial score (nSPS) is 36.3. The van der Waals surface area contributed by atoms with E-state index in [1.807, 2.05) is 0 Å². The van der Waals surface area contributed by atoms with E-state index in [2.05, 4.69) is 12.4 Å². The van der Waals surface area contributed by atoms with Crippen LogP contribution in [-0.4, -0.2) is 16.7 Å². The first kappa shape index (κ1) is 9.48. The number of amides is 1. The van der Waals surface area contributed by atoms with E-state index in [-0.39, 0.29) is 0 Å². The lowest BCUT2D eigenvalue weighted by Crippen LogP contribution is -2.55. The minimum Gasteiger partial charge on any atom is -0.368 e. The SMILES string of the molecule is CC1CCC(NO)(C(N)=O)CC1. The Labute approximate surface area is 72.1 Å². The van der Waals surface area contributed by atoms with Crippen LogP contribution in [0.3, 0.4) is 0 Å². The molecule has 1 fully saturated rings. The smallest absolute Gasteiger partial charge is 0.240 e. The van der Waals surface area contributed by atoms with Gasteiger partial charge in [-0.2, -0.15) is 5.48 Å². The van der Waals surface area contributed by atoms with Crippen LogP contribution in [-0.2, 0) is 4.79 Å². The fourth-order valence-corrected chi connectivity index (χ4v) is 1.67. The molecule has 4 N–H and O–H groups in total. The molecule has 4 heteroatoms.